The van der Waals surface area contributed by atoms with E-state index in [0.29, 0.717) is 23.4 Å². The standard InChI is InChI=1S/C12H18ClN3OS/c1-2-3-9-4-5-11(17)16(7-6-9)8-10-14-15-12(13)18-10/h9H,2-8H2,1H3. The first-order valence-electron chi connectivity index (χ1n) is 6.44. The van der Waals surface area contributed by atoms with Crippen LogP contribution in [0, 0.1) is 5.92 Å². The molecular formula is C12H18ClN3OS. The number of amides is 1. The van der Waals surface area contributed by atoms with Gasteiger partial charge in [0.25, 0.3) is 0 Å². The van der Waals surface area contributed by atoms with E-state index in [4.69, 9.17) is 11.6 Å². The Labute approximate surface area is 116 Å². The molecule has 1 saturated heterocycles. The Morgan fingerprint density at radius 3 is 2.94 bits per heavy atom. The molecule has 2 heterocycles. The van der Waals surface area contributed by atoms with Crippen molar-refractivity contribution >= 4 is 28.8 Å². The molecule has 0 radical (unpaired) electrons. The second kappa shape index (κ2) is 6.48. The molecule has 0 bridgehead atoms. The van der Waals surface area contributed by atoms with Crippen molar-refractivity contribution in [3.63, 3.8) is 0 Å². The van der Waals surface area contributed by atoms with Crippen molar-refractivity contribution in [2.45, 2.75) is 45.6 Å². The van der Waals surface area contributed by atoms with Crippen molar-refractivity contribution < 1.29 is 4.79 Å². The van der Waals surface area contributed by atoms with E-state index in [0.717, 1.165) is 24.4 Å². The number of halogens is 1. The van der Waals surface area contributed by atoms with Crippen LogP contribution in [0.4, 0.5) is 0 Å². The predicted molar refractivity (Wildman–Crippen MR) is 72.6 cm³/mol. The Morgan fingerprint density at radius 2 is 2.28 bits per heavy atom. The van der Waals surface area contributed by atoms with Gasteiger partial charge in [0.2, 0.25) is 10.4 Å². The molecule has 1 aliphatic rings. The zero-order valence-electron chi connectivity index (χ0n) is 10.6. The molecule has 0 aliphatic carbocycles. The molecule has 1 aromatic heterocycles. The van der Waals surface area contributed by atoms with Gasteiger partial charge < -0.3 is 4.90 Å². The fourth-order valence-electron chi connectivity index (χ4n) is 2.42. The van der Waals surface area contributed by atoms with Crippen molar-refractivity contribution in [2.75, 3.05) is 6.54 Å². The first-order chi connectivity index (χ1) is 8.69. The van der Waals surface area contributed by atoms with E-state index in [1.807, 2.05) is 4.90 Å². The highest BCUT2D eigenvalue weighted by Crippen LogP contribution is 2.24. The Bertz CT molecular complexity index is 410. The summed E-state index contributed by atoms with van der Waals surface area (Å²) in [6.45, 7) is 3.59. The van der Waals surface area contributed by atoms with Crippen LogP contribution in [0.15, 0.2) is 0 Å². The first kappa shape index (κ1) is 13.7. The summed E-state index contributed by atoms with van der Waals surface area (Å²) in [5.41, 5.74) is 0. The predicted octanol–water partition coefficient (Wildman–Crippen LogP) is 3.12. The minimum absolute atomic E-state index is 0.236. The number of likely N-dealkylation sites (tertiary alicyclic amines) is 1. The highest BCUT2D eigenvalue weighted by atomic mass is 35.5. The Kier molecular flexibility index (Phi) is 4.95. The average molecular weight is 288 g/mol. The molecule has 1 atom stereocenters. The van der Waals surface area contributed by atoms with Gasteiger partial charge in [0.15, 0.2) is 0 Å². The second-order valence-electron chi connectivity index (χ2n) is 4.75. The second-order valence-corrected chi connectivity index (χ2v) is 6.39. The van der Waals surface area contributed by atoms with Gasteiger partial charge in [-0.25, -0.2) is 0 Å². The van der Waals surface area contributed by atoms with E-state index < -0.39 is 0 Å². The zero-order chi connectivity index (χ0) is 13.0. The van der Waals surface area contributed by atoms with Crippen molar-refractivity contribution in [3.05, 3.63) is 9.47 Å². The molecule has 1 amide bonds. The summed E-state index contributed by atoms with van der Waals surface area (Å²) in [6, 6.07) is 0. The van der Waals surface area contributed by atoms with Gasteiger partial charge in [-0.05, 0) is 30.4 Å². The number of carbonyl (C=O) groups is 1. The molecule has 18 heavy (non-hydrogen) atoms. The van der Waals surface area contributed by atoms with E-state index in [2.05, 4.69) is 17.1 Å². The molecule has 100 valence electrons. The number of carbonyl (C=O) groups excluding carboxylic acids is 1. The van der Waals surface area contributed by atoms with Crippen molar-refractivity contribution in [1.82, 2.24) is 15.1 Å². The molecule has 0 aromatic carbocycles. The van der Waals surface area contributed by atoms with Crippen LogP contribution in [0.2, 0.25) is 4.47 Å². The molecule has 0 N–H and O–H groups in total. The number of hydrogen-bond acceptors (Lipinski definition) is 4. The summed E-state index contributed by atoms with van der Waals surface area (Å²) in [7, 11) is 0. The third-order valence-corrected chi connectivity index (χ3v) is 4.40. The third-order valence-electron chi connectivity index (χ3n) is 3.39. The van der Waals surface area contributed by atoms with Gasteiger partial charge in [0, 0.05) is 13.0 Å². The van der Waals surface area contributed by atoms with Gasteiger partial charge in [-0.3, -0.25) is 4.79 Å². The topological polar surface area (TPSA) is 46.1 Å². The van der Waals surface area contributed by atoms with Crippen LogP contribution in [-0.2, 0) is 11.3 Å². The maximum absolute atomic E-state index is 12.0. The maximum Gasteiger partial charge on any atom is 0.222 e. The van der Waals surface area contributed by atoms with Crippen molar-refractivity contribution in [3.8, 4) is 0 Å². The quantitative estimate of drug-likeness (QED) is 0.855. The molecular weight excluding hydrogens is 270 g/mol. The molecule has 1 aromatic rings. The zero-order valence-corrected chi connectivity index (χ0v) is 12.1. The maximum atomic E-state index is 12.0. The number of rotatable bonds is 4. The van der Waals surface area contributed by atoms with Crippen molar-refractivity contribution in [2.24, 2.45) is 5.92 Å². The lowest BCUT2D eigenvalue weighted by Crippen LogP contribution is -2.29. The molecule has 0 spiro atoms. The highest BCUT2D eigenvalue weighted by molar-refractivity contribution is 7.15. The Morgan fingerprint density at radius 1 is 1.44 bits per heavy atom. The minimum Gasteiger partial charge on any atom is -0.336 e. The van der Waals surface area contributed by atoms with Crippen LogP contribution in [-0.4, -0.2) is 27.5 Å². The largest absolute Gasteiger partial charge is 0.336 e. The van der Waals surface area contributed by atoms with Gasteiger partial charge in [-0.2, -0.15) is 0 Å². The fraction of sp³-hybridized carbons (Fsp3) is 0.750. The average Bonchev–Trinajstić information content (AvgIpc) is 2.68. The molecule has 1 unspecified atom stereocenters. The number of nitrogens with zero attached hydrogens (tertiary/aromatic N) is 3. The van der Waals surface area contributed by atoms with E-state index >= 15 is 0 Å². The molecule has 2 rings (SSSR count). The summed E-state index contributed by atoms with van der Waals surface area (Å²) in [4.78, 5) is 13.9. The molecule has 0 saturated carbocycles. The lowest BCUT2D eigenvalue weighted by atomic mass is 9.96. The van der Waals surface area contributed by atoms with E-state index in [9.17, 15) is 4.79 Å². The number of aromatic nitrogens is 2. The lowest BCUT2D eigenvalue weighted by molar-refractivity contribution is -0.131. The number of hydrogen-bond donors (Lipinski definition) is 0. The molecule has 1 aliphatic heterocycles. The van der Waals surface area contributed by atoms with Crippen LogP contribution in [0.5, 0.6) is 0 Å². The molecule has 6 heteroatoms. The molecule has 1 fully saturated rings. The van der Waals surface area contributed by atoms with Gasteiger partial charge in [0.1, 0.15) is 5.01 Å². The van der Waals surface area contributed by atoms with E-state index in [1.165, 1.54) is 24.2 Å². The van der Waals surface area contributed by atoms with Gasteiger partial charge in [-0.1, -0.05) is 31.1 Å². The summed E-state index contributed by atoms with van der Waals surface area (Å²) < 4.78 is 0.441. The lowest BCUT2D eigenvalue weighted by Gasteiger charge is -2.19. The van der Waals surface area contributed by atoms with E-state index in [1.54, 1.807) is 0 Å². The van der Waals surface area contributed by atoms with Crippen molar-refractivity contribution in [1.29, 1.82) is 0 Å². The smallest absolute Gasteiger partial charge is 0.222 e. The summed E-state index contributed by atoms with van der Waals surface area (Å²) in [5.74, 6) is 0.932. The summed E-state index contributed by atoms with van der Waals surface area (Å²) >= 11 is 7.10. The van der Waals surface area contributed by atoms with Crippen LogP contribution >= 0.6 is 22.9 Å². The van der Waals surface area contributed by atoms with Crippen LogP contribution in [0.1, 0.15) is 44.0 Å². The fourth-order valence-corrected chi connectivity index (χ4v) is 3.30. The summed E-state index contributed by atoms with van der Waals surface area (Å²) in [5, 5.41) is 8.57. The monoisotopic (exact) mass is 287 g/mol. The Hall–Kier alpha value is -0.680. The van der Waals surface area contributed by atoms with Crippen LogP contribution < -0.4 is 0 Å². The van der Waals surface area contributed by atoms with Crippen LogP contribution in [0.25, 0.3) is 0 Å². The first-order valence-corrected chi connectivity index (χ1v) is 7.64. The molecule has 4 nitrogen and oxygen atoms in total. The van der Waals surface area contributed by atoms with Gasteiger partial charge >= 0.3 is 0 Å². The Balaban J connectivity index is 1.93. The minimum atomic E-state index is 0.236. The normalized spacial score (nSPS) is 21.1. The van der Waals surface area contributed by atoms with E-state index in [-0.39, 0.29) is 5.91 Å². The van der Waals surface area contributed by atoms with Gasteiger partial charge in [0.05, 0.1) is 6.54 Å². The van der Waals surface area contributed by atoms with Gasteiger partial charge in [-0.15, -0.1) is 10.2 Å². The SMILES string of the molecule is CCCC1CCC(=O)N(Cc2nnc(Cl)s2)CC1. The third kappa shape index (κ3) is 3.65. The van der Waals surface area contributed by atoms with Crippen LogP contribution in [0.3, 0.4) is 0 Å². The highest BCUT2D eigenvalue weighted by Gasteiger charge is 2.22. The summed E-state index contributed by atoms with van der Waals surface area (Å²) in [6.07, 6.45) is 5.22.